The molecule has 1 aliphatic rings. The van der Waals surface area contributed by atoms with Crippen molar-refractivity contribution in [3.05, 3.63) is 22.3 Å². The van der Waals surface area contributed by atoms with Crippen molar-refractivity contribution in [2.24, 2.45) is 0 Å². The van der Waals surface area contributed by atoms with Crippen molar-refractivity contribution < 1.29 is 0 Å². The van der Waals surface area contributed by atoms with Gasteiger partial charge in [0.2, 0.25) is 0 Å². The summed E-state index contributed by atoms with van der Waals surface area (Å²) in [5.74, 6) is 1.15. The van der Waals surface area contributed by atoms with Crippen molar-refractivity contribution in [3.8, 4) is 0 Å². The summed E-state index contributed by atoms with van der Waals surface area (Å²) in [6.45, 7) is 4.30. The van der Waals surface area contributed by atoms with Gasteiger partial charge in [0.15, 0.2) is 0 Å². The first-order valence-corrected chi connectivity index (χ1v) is 7.05. The van der Waals surface area contributed by atoms with Gasteiger partial charge in [-0.2, -0.15) is 0 Å². The Labute approximate surface area is 112 Å². The first kappa shape index (κ1) is 12.8. The van der Waals surface area contributed by atoms with Crippen molar-refractivity contribution in [3.63, 3.8) is 0 Å². The summed E-state index contributed by atoms with van der Waals surface area (Å²) in [6.07, 6.45) is 5.77. The van der Waals surface area contributed by atoms with E-state index in [0.717, 1.165) is 23.4 Å². The molecule has 1 aliphatic heterocycles. The predicted octanol–water partition coefficient (Wildman–Crippen LogP) is 2.73. The molecule has 3 nitrogen and oxygen atoms in total. The molecule has 0 amide bonds. The van der Waals surface area contributed by atoms with E-state index >= 15 is 0 Å². The second kappa shape index (κ2) is 5.83. The molecule has 4 heteroatoms. The van der Waals surface area contributed by atoms with Crippen LogP contribution >= 0.6 is 15.9 Å². The maximum Gasteiger partial charge on any atom is 0.131 e. The molecule has 0 aromatic carbocycles. The number of piperidine rings is 1. The molecule has 1 fully saturated rings. The molecule has 2 heterocycles. The number of hydrogen-bond donors (Lipinski definition) is 1. The standard InChI is InChI=1S/C13H20BrN3/c1-10-7-11(14)8-16-13(10)17-6-4-3-5-12(17)9-15-2/h7-8,12,15H,3-6,9H2,1-2H3. The average Bonchev–Trinajstić information content (AvgIpc) is 2.31. The summed E-state index contributed by atoms with van der Waals surface area (Å²) in [4.78, 5) is 7.05. The van der Waals surface area contributed by atoms with E-state index in [1.807, 2.05) is 13.2 Å². The van der Waals surface area contributed by atoms with Crippen LogP contribution in [0.2, 0.25) is 0 Å². The number of likely N-dealkylation sites (N-methyl/N-ethyl adjacent to an activating group) is 1. The van der Waals surface area contributed by atoms with E-state index in [1.54, 1.807) is 0 Å². The number of hydrogen-bond acceptors (Lipinski definition) is 3. The molecule has 1 N–H and O–H groups in total. The number of nitrogens with one attached hydrogen (secondary N) is 1. The molecular formula is C13H20BrN3. The quantitative estimate of drug-likeness (QED) is 0.930. The van der Waals surface area contributed by atoms with Crippen molar-refractivity contribution in [1.82, 2.24) is 10.3 Å². The van der Waals surface area contributed by atoms with E-state index in [9.17, 15) is 0 Å². The summed E-state index contributed by atoms with van der Waals surface area (Å²) in [5.41, 5.74) is 1.25. The highest BCUT2D eigenvalue weighted by Gasteiger charge is 2.23. The molecule has 1 saturated heterocycles. The second-order valence-corrected chi connectivity index (χ2v) is 5.61. The molecule has 2 rings (SSSR count). The first-order chi connectivity index (χ1) is 8.22. The maximum absolute atomic E-state index is 4.59. The summed E-state index contributed by atoms with van der Waals surface area (Å²) in [5, 5.41) is 3.29. The molecule has 1 aromatic rings. The van der Waals surface area contributed by atoms with Gasteiger partial charge < -0.3 is 10.2 Å². The van der Waals surface area contributed by atoms with E-state index in [-0.39, 0.29) is 0 Å². The Kier molecular flexibility index (Phi) is 4.40. The summed E-state index contributed by atoms with van der Waals surface area (Å²) < 4.78 is 1.06. The third-order valence-electron chi connectivity index (χ3n) is 3.36. The molecule has 94 valence electrons. The zero-order valence-corrected chi connectivity index (χ0v) is 12.1. The van der Waals surface area contributed by atoms with Gasteiger partial charge in [-0.25, -0.2) is 4.98 Å². The van der Waals surface area contributed by atoms with Crippen LogP contribution in [-0.2, 0) is 0 Å². The zero-order chi connectivity index (χ0) is 12.3. The topological polar surface area (TPSA) is 28.2 Å². The van der Waals surface area contributed by atoms with Gasteiger partial charge in [0, 0.05) is 29.8 Å². The summed E-state index contributed by atoms with van der Waals surface area (Å²) in [7, 11) is 2.02. The number of anilines is 1. The lowest BCUT2D eigenvalue weighted by molar-refractivity contribution is 0.443. The monoisotopic (exact) mass is 297 g/mol. The van der Waals surface area contributed by atoms with Crippen LogP contribution in [0, 0.1) is 6.92 Å². The van der Waals surface area contributed by atoms with Crippen LogP contribution < -0.4 is 10.2 Å². The van der Waals surface area contributed by atoms with Crippen LogP contribution in [0.25, 0.3) is 0 Å². The molecule has 0 aliphatic carbocycles. The number of halogens is 1. The molecule has 17 heavy (non-hydrogen) atoms. The second-order valence-electron chi connectivity index (χ2n) is 4.69. The van der Waals surface area contributed by atoms with Gasteiger partial charge in [-0.15, -0.1) is 0 Å². The highest BCUT2D eigenvalue weighted by atomic mass is 79.9. The van der Waals surface area contributed by atoms with E-state index in [2.05, 4.69) is 44.1 Å². The van der Waals surface area contributed by atoms with Gasteiger partial charge in [-0.05, 0) is 60.8 Å². The van der Waals surface area contributed by atoms with Crippen LogP contribution in [0.3, 0.4) is 0 Å². The molecule has 0 spiro atoms. The third-order valence-corrected chi connectivity index (χ3v) is 3.79. The Morgan fingerprint density at radius 1 is 1.53 bits per heavy atom. The fourth-order valence-corrected chi connectivity index (χ4v) is 3.01. The molecule has 1 atom stereocenters. The summed E-state index contributed by atoms with van der Waals surface area (Å²) >= 11 is 3.47. The Morgan fingerprint density at radius 2 is 2.35 bits per heavy atom. The lowest BCUT2D eigenvalue weighted by atomic mass is 10.0. The minimum absolute atomic E-state index is 0.584. The normalized spacial score (nSPS) is 20.6. The minimum Gasteiger partial charge on any atom is -0.352 e. The molecule has 0 saturated carbocycles. The number of pyridine rings is 1. The van der Waals surface area contributed by atoms with Crippen molar-refractivity contribution in [2.45, 2.75) is 32.2 Å². The van der Waals surface area contributed by atoms with Gasteiger partial charge in [0.1, 0.15) is 5.82 Å². The molecule has 1 aromatic heterocycles. The fourth-order valence-electron chi connectivity index (χ4n) is 2.56. The SMILES string of the molecule is CNCC1CCCCN1c1ncc(Br)cc1C. The largest absolute Gasteiger partial charge is 0.352 e. The van der Waals surface area contributed by atoms with Crippen LogP contribution in [-0.4, -0.2) is 31.2 Å². The lowest BCUT2D eigenvalue weighted by Crippen LogP contribution is -2.45. The van der Waals surface area contributed by atoms with Crippen molar-refractivity contribution >= 4 is 21.7 Å². The third kappa shape index (κ3) is 2.99. The van der Waals surface area contributed by atoms with Gasteiger partial charge in [0.05, 0.1) is 0 Å². The molecular weight excluding hydrogens is 278 g/mol. The van der Waals surface area contributed by atoms with Gasteiger partial charge >= 0.3 is 0 Å². The van der Waals surface area contributed by atoms with E-state index < -0.39 is 0 Å². The highest BCUT2D eigenvalue weighted by molar-refractivity contribution is 9.10. The lowest BCUT2D eigenvalue weighted by Gasteiger charge is -2.37. The Bertz CT molecular complexity index is 379. The maximum atomic E-state index is 4.59. The minimum atomic E-state index is 0.584. The number of aromatic nitrogens is 1. The molecule has 0 radical (unpaired) electrons. The molecule has 0 bridgehead atoms. The highest BCUT2D eigenvalue weighted by Crippen LogP contribution is 2.27. The zero-order valence-electron chi connectivity index (χ0n) is 10.5. The number of nitrogens with zero attached hydrogens (tertiary/aromatic N) is 2. The van der Waals surface area contributed by atoms with E-state index in [1.165, 1.54) is 24.8 Å². The summed E-state index contributed by atoms with van der Waals surface area (Å²) in [6, 6.07) is 2.73. The Hall–Kier alpha value is -0.610. The van der Waals surface area contributed by atoms with Crippen LogP contribution in [0.1, 0.15) is 24.8 Å². The van der Waals surface area contributed by atoms with Crippen molar-refractivity contribution in [2.75, 3.05) is 25.0 Å². The van der Waals surface area contributed by atoms with Crippen molar-refractivity contribution in [1.29, 1.82) is 0 Å². The predicted molar refractivity (Wildman–Crippen MR) is 75.6 cm³/mol. The van der Waals surface area contributed by atoms with Gasteiger partial charge in [-0.1, -0.05) is 0 Å². The number of aryl methyl sites for hydroxylation is 1. The van der Waals surface area contributed by atoms with Gasteiger partial charge in [-0.3, -0.25) is 0 Å². The van der Waals surface area contributed by atoms with Crippen LogP contribution in [0.15, 0.2) is 16.7 Å². The van der Waals surface area contributed by atoms with Gasteiger partial charge in [0.25, 0.3) is 0 Å². The average molecular weight is 298 g/mol. The van der Waals surface area contributed by atoms with Crippen LogP contribution in [0.5, 0.6) is 0 Å². The smallest absolute Gasteiger partial charge is 0.131 e. The van der Waals surface area contributed by atoms with E-state index in [0.29, 0.717) is 6.04 Å². The van der Waals surface area contributed by atoms with Crippen LogP contribution in [0.4, 0.5) is 5.82 Å². The fraction of sp³-hybridized carbons (Fsp3) is 0.615. The Morgan fingerprint density at radius 3 is 3.06 bits per heavy atom. The van der Waals surface area contributed by atoms with E-state index in [4.69, 9.17) is 0 Å². The first-order valence-electron chi connectivity index (χ1n) is 6.25. The molecule has 1 unspecified atom stereocenters. The number of rotatable bonds is 3. The Balaban J connectivity index is 2.23.